The van der Waals surface area contributed by atoms with Crippen molar-refractivity contribution in [2.45, 2.75) is 11.8 Å². The first kappa shape index (κ1) is 17.2. The lowest BCUT2D eigenvalue weighted by atomic mass is 10.1. The van der Waals surface area contributed by atoms with Gasteiger partial charge >= 0.3 is 10.1 Å². The number of hydrogen-bond donors (Lipinski definition) is 0. The summed E-state index contributed by atoms with van der Waals surface area (Å²) in [7, 11) is -3.99. The van der Waals surface area contributed by atoms with Gasteiger partial charge in [0.25, 0.3) is 0 Å². The maximum atomic E-state index is 12.9. The van der Waals surface area contributed by atoms with E-state index in [2.05, 4.69) is 4.98 Å². The summed E-state index contributed by atoms with van der Waals surface area (Å²) in [6.07, 6.45) is 1.73. The zero-order valence-electron chi connectivity index (χ0n) is 14.7. The predicted octanol–water partition coefficient (Wildman–Crippen LogP) is 4.98. The zero-order valence-corrected chi connectivity index (χ0v) is 15.5. The Labute approximate surface area is 158 Å². The van der Waals surface area contributed by atoms with E-state index in [1.807, 2.05) is 61.5 Å². The third kappa shape index (κ3) is 3.41. The number of rotatable bonds is 4. The number of hydrogen-bond acceptors (Lipinski definition) is 4. The molecule has 0 fully saturated rings. The molecule has 0 spiro atoms. The van der Waals surface area contributed by atoms with Crippen LogP contribution in [-0.4, -0.2) is 13.4 Å². The molecule has 0 saturated heterocycles. The van der Waals surface area contributed by atoms with Gasteiger partial charge in [-0.1, -0.05) is 72.3 Å². The number of nitrogens with zero attached hydrogens (tertiary/aromatic N) is 1. The van der Waals surface area contributed by atoms with Gasteiger partial charge in [0.05, 0.1) is 0 Å². The first-order valence-electron chi connectivity index (χ1n) is 8.49. The van der Waals surface area contributed by atoms with E-state index in [1.54, 1.807) is 30.5 Å². The summed E-state index contributed by atoms with van der Waals surface area (Å²) in [4.78, 5) is 4.59. The van der Waals surface area contributed by atoms with Crippen molar-refractivity contribution < 1.29 is 12.6 Å². The third-order valence-corrected chi connectivity index (χ3v) is 5.54. The Bertz CT molecular complexity index is 1200. The Morgan fingerprint density at radius 3 is 2.22 bits per heavy atom. The molecule has 0 atom stereocenters. The van der Waals surface area contributed by atoms with Crippen LogP contribution in [0.15, 0.2) is 90.0 Å². The van der Waals surface area contributed by atoms with Crippen LogP contribution in [0.5, 0.6) is 5.75 Å². The van der Waals surface area contributed by atoms with Crippen molar-refractivity contribution in [2.24, 2.45) is 0 Å². The monoisotopic (exact) mass is 375 g/mol. The molecule has 0 bridgehead atoms. The van der Waals surface area contributed by atoms with E-state index in [0.717, 1.165) is 16.5 Å². The Kier molecular flexibility index (Phi) is 4.38. The highest BCUT2D eigenvalue weighted by Gasteiger charge is 2.22. The van der Waals surface area contributed by atoms with Crippen LogP contribution < -0.4 is 4.18 Å². The lowest BCUT2D eigenvalue weighted by Gasteiger charge is -2.14. The second kappa shape index (κ2) is 6.85. The van der Waals surface area contributed by atoms with Gasteiger partial charge in [-0.2, -0.15) is 8.42 Å². The molecular weight excluding hydrogens is 358 g/mol. The zero-order chi connectivity index (χ0) is 18.9. The Morgan fingerprint density at radius 2 is 1.48 bits per heavy atom. The Morgan fingerprint density at radius 1 is 0.815 bits per heavy atom. The highest BCUT2D eigenvalue weighted by Crippen LogP contribution is 2.36. The molecule has 0 N–H and O–H groups in total. The minimum atomic E-state index is -3.99. The molecule has 134 valence electrons. The molecule has 1 heterocycles. The quantitative estimate of drug-likeness (QED) is 0.472. The van der Waals surface area contributed by atoms with Gasteiger partial charge in [-0.25, -0.2) is 0 Å². The van der Waals surface area contributed by atoms with Crippen molar-refractivity contribution in [3.8, 4) is 17.0 Å². The molecule has 0 radical (unpaired) electrons. The second-order valence-electron chi connectivity index (χ2n) is 6.24. The summed E-state index contributed by atoms with van der Waals surface area (Å²) in [5.41, 5.74) is 2.26. The normalized spacial score (nSPS) is 11.4. The van der Waals surface area contributed by atoms with Gasteiger partial charge < -0.3 is 4.18 Å². The fourth-order valence-corrected chi connectivity index (χ4v) is 3.84. The molecule has 0 aliphatic carbocycles. The third-order valence-electron chi connectivity index (χ3n) is 4.30. The van der Waals surface area contributed by atoms with E-state index in [0.29, 0.717) is 11.1 Å². The lowest BCUT2D eigenvalue weighted by Crippen LogP contribution is -2.11. The number of aromatic nitrogens is 1. The topological polar surface area (TPSA) is 56.3 Å². The molecule has 0 aliphatic heterocycles. The fraction of sp³-hybridized carbons (Fsp3) is 0.0455. The summed E-state index contributed by atoms with van der Waals surface area (Å²) >= 11 is 0. The molecule has 4 nitrogen and oxygen atoms in total. The van der Waals surface area contributed by atoms with Crippen molar-refractivity contribution in [3.63, 3.8) is 0 Å². The van der Waals surface area contributed by atoms with Gasteiger partial charge in [0.1, 0.15) is 10.6 Å². The molecule has 4 rings (SSSR count). The van der Waals surface area contributed by atoms with Gasteiger partial charge in [-0.15, -0.1) is 0 Å². The highest BCUT2D eigenvalue weighted by atomic mass is 32.2. The average molecular weight is 375 g/mol. The largest absolute Gasteiger partial charge is 0.376 e. The van der Waals surface area contributed by atoms with Crippen LogP contribution >= 0.6 is 0 Å². The van der Waals surface area contributed by atoms with E-state index >= 15 is 0 Å². The molecule has 27 heavy (non-hydrogen) atoms. The predicted molar refractivity (Wildman–Crippen MR) is 106 cm³/mol. The average Bonchev–Trinajstić information content (AvgIpc) is 2.69. The molecule has 5 heteroatoms. The number of aryl methyl sites for hydroxylation is 1. The highest BCUT2D eigenvalue weighted by molar-refractivity contribution is 7.87. The molecule has 0 saturated carbocycles. The number of benzene rings is 3. The summed E-state index contributed by atoms with van der Waals surface area (Å²) in [6, 6.07) is 23.4. The first-order chi connectivity index (χ1) is 13.0. The maximum absolute atomic E-state index is 12.9. The minimum Gasteiger partial charge on any atom is -0.376 e. The molecule has 0 aliphatic rings. The van der Waals surface area contributed by atoms with Crippen molar-refractivity contribution in [2.75, 3.05) is 0 Å². The van der Waals surface area contributed by atoms with E-state index in [9.17, 15) is 8.42 Å². The fourth-order valence-electron chi connectivity index (χ4n) is 2.89. The molecule has 0 amide bonds. The smallest absolute Gasteiger partial charge is 0.339 e. The Hall–Kier alpha value is -3.18. The molecule has 1 aromatic heterocycles. The van der Waals surface area contributed by atoms with Crippen molar-refractivity contribution in [1.29, 1.82) is 0 Å². The van der Waals surface area contributed by atoms with Crippen molar-refractivity contribution in [1.82, 2.24) is 4.98 Å². The van der Waals surface area contributed by atoms with Crippen LogP contribution in [0, 0.1) is 6.92 Å². The van der Waals surface area contributed by atoms with Gasteiger partial charge in [-0.3, -0.25) is 4.98 Å². The van der Waals surface area contributed by atoms with Crippen LogP contribution in [0.2, 0.25) is 0 Å². The van der Waals surface area contributed by atoms with Gasteiger partial charge in [0.2, 0.25) is 0 Å². The van der Waals surface area contributed by atoms with Gasteiger partial charge in [-0.05, 0) is 19.1 Å². The van der Waals surface area contributed by atoms with Gasteiger partial charge in [0, 0.05) is 22.5 Å². The van der Waals surface area contributed by atoms with Crippen LogP contribution in [0.3, 0.4) is 0 Å². The molecule has 0 unspecified atom stereocenters. The minimum absolute atomic E-state index is 0.111. The molecule has 3 aromatic carbocycles. The van der Waals surface area contributed by atoms with E-state index in [4.69, 9.17) is 4.18 Å². The van der Waals surface area contributed by atoms with Crippen LogP contribution in [0.1, 0.15) is 5.56 Å². The number of fused-ring (bicyclic) bond motifs is 1. The summed E-state index contributed by atoms with van der Waals surface area (Å²) < 4.78 is 31.4. The van der Waals surface area contributed by atoms with E-state index in [1.165, 1.54) is 0 Å². The molecule has 4 aromatic rings. The number of pyridine rings is 1. The van der Waals surface area contributed by atoms with Crippen LogP contribution in [-0.2, 0) is 10.1 Å². The van der Waals surface area contributed by atoms with Crippen molar-refractivity contribution in [3.05, 3.63) is 90.6 Å². The van der Waals surface area contributed by atoms with E-state index in [-0.39, 0.29) is 10.6 Å². The summed E-state index contributed by atoms with van der Waals surface area (Å²) in [6.45, 7) is 1.90. The Balaban J connectivity index is 1.90. The van der Waals surface area contributed by atoms with Gasteiger partial charge in [0.15, 0.2) is 5.75 Å². The van der Waals surface area contributed by atoms with Crippen LogP contribution in [0.4, 0.5) is 0 Å². The lowest BCUT2D eigenvalue weighted by molar-refractivity contribution is 0.488. The maximum Gasteiger partial charge on any atom is 0.339 e. The van der Waals surface area contributed by atoms with Crippen molar-refractivity contribution >= 4 is 20.9 Å². The van der Waals surface area contributed by atoms with Crippen LogP contribution in [0.25, 0.3) is 22.0 Å². The van der Waals surface area contributed by atoms with E-state index < -0.39 is 10.1 Å². The molecular formula is C22H17NO3S. The SMILES string of the molecule is Cc1ccc(S(=O)(=O)Oc2c(-c3ccccc3)ncc3ccccc23)cc1. The summed E-state index contributed by atoms with van der Waals surface area (Å²) in [5.74, 6) is 0.236. The second-order valence-corrected chi connectivity index (χ2v) is 7.79. The summed E-state index contributed by atoms with van der Waals surface area (Å²) in [5, 5.41) is 1.51. The first-order valence-corrected chi connectivity index (χ1v) is 9.90. The standard InChI is InChI=1S/C22H17NO3S/c1-16-11-13-19(14-12-16)27(24,25)26-22-20-10-6-5-9-18(20)15-23-21(22)17-7-3-2-4-8-17/h2-15H,1H3.